The number of anilines is 1. The van der Waals surface area contributed by atoms with Crippen LogP contribution in [0, 0.1) is 0 Å². The maximum atomic E-state index is 3.79. The Morgan fingerprint density at radius 3 is 2.54 bits per heavy atom. The van der Waals surface area contributed by atoms with Crippen LogP contribution in [-0.4, -0.2) is 19.1 Å². The third-order valence-corrected chi connectivity index (χ3v) is 5.65. The predicted octanol–water partition coefficient (Wildman–Crippen LogP) is 4.77. The van der Waals surface area contributed by atoms with Gasteiger partial charge in [0, 0.05) is 17.6 Å². The quantitative estimate of drug-likeness (QED) is 0.676. The Bertz CT molecular complexity index is 894. The molecule has 0 aliphatic carbocycles. The first-order chi connectivity index (χ1) is 11.9. The van der Waals surface area contributed by atoms with E-state index in [1.165, 1.54) is 46.0 Å². The van der Waals surface area contributed by atoms with Crippen LogP contribution in [0.15, 0.2) is 60.7 Å². The van der Waals surface area contributed by atoms with Crippen molar-refractivity contribution in [2.24, 2.45) is 0 Å². The lowest BCUT2D eigenvalue weighted by molar-refractivity contribution is 0.579. The Hall–Kier alpha value is -2.32. The monoisotopic (exact) mass is 314 g/mol. The summed E-state index contributed by atoms with van der Waals surface area (Å²) >= 11 is 0. The summed E-state index contributed by atoms with van der Waals surface area (Å²) in [6.07, 6.45) is 2.42. The fourth-order valence-electron chi connectivity index (χ4n) is 4.55. The molecular formula is C22H22N2. The number of benzene rings is 3. The number of fused-ring (bicyclic) bond motifs is 4. The van der Waals surface area contributed by atoms with Crippen molar-refractivity contribution in [1.82, 2.24) is 5.32 Å². The van der Waals surface area contributed by atoms with E-state index in [0.717, 1.165) is 13.1 Å². The van der Waals surface area contributed by atoms with E-state index in [2.05, 4.69) is 71.3 Å². The smallest absolute Gasteiger partial charge is 0.0384 e. The van der Waals surface area contributed by atoms with Crippen LogP contribution in [0.2, 0.25) is 0 Å². The van der Waals surface area contributed by atoms with Crippen molar-refractivity contribution in [2.45, 2.75) is 24.8 Å². The lowest BCUT2D eigenvalue weighted by Gasteiger charge is -2.19. The summed E-state index contributed by atoms with van der Waals surface area (Å²) < 4.78 is 0. The molecule has 0 bridgehead atoms. The molecule has 2 atom stereocenters. The molecule has 0 radical (unpaired) electrons. The summed E-state index contributed by atoms with van der Waals surface area (Å²) in [5.74, 6) is 0.616. The molecule has 0 spiro atoms. The summed E-state index contributed by atoms with van der Waals surface area (Å²) in [5.41, 5.74) is 5.65. The van der Waals surface area contributed by atoms with Gasteiger partial charge in [0.05, 0.1) is 0 Å². The first-order valence-corrected chi connectivity index (χ1v) is 9.00. The second kappa shape index (κ2) is 5.64. The molecular weight excluding hydrogens is 292 g/mol. The number of hydrogen-bond acceptors (Lipinski definition) is 2. The summed E-state index contributed by atoms with van der Waals surface area (Å²) in [4.78, 5) is 0. The Balaban J connectivity index is 1.72. The topological polar surface area (TPSA) is 24.1 Å². The van der Waals surface area contributed by atoms with Crippen LogP contribution in [-0.2, 0) is 0 Å². The molecule has 2 nitrogen and oxygen atoms in total. The number of rotatable bonds is 1. The van der Waals surface area contributed by atoms with Crippen molar-refractivity contribution in [3.63, 3.8) is 0 Å². The molecule has 0 aromatic heterocycles. The van der Waals surface area contributed by atoms with Gasteiger partial charge in [0.15, 0.2) is 0 Å². The van der Waals surface area contributed by atoms with Gasteiger partial charge < -0.3 is 10.6 Å². The molecule has 3 aromatic carbocycles. The minimum absolute atomic E-state index is 0.575. The van der Waals surface area contributed by atoms with Gasteiger partial charge in [-0.1, -0.05) is 54.6 Å². The van der Waals surface area contributed by atoms with Gasteiger partial charge in [-0.2, -0.15) is 0 Å². The number of nitrogens with one attached hydrogen (secondary N) is 2. The van der Waals surface area contributed by atoms with E-state index >= 15 is 0 Å². The van der Waals surface area contributed by atoms with Gasteiger partial charge in [-0.05, 0) is 59.5 Å². The van der Waals surface area contributed by atoms with Gasteiger partial charge in [-0.3, -0.25) is 0 Å². The highest BCUT2D eigenvalue weighted by atomic mass is 15.0. The Morgan fingerprint density at radius 1 is 0.750 bits per heavy atom. The van der Waals surface area contributed by atoms with Crippen molar-refractivity contribution < 1.29 is 0 Å². The van der Waals surface area contributed by atoms with Gasteiger partial charge >= 0.3 is 0 Å². The highest BCUT2D eigenvalue weighted by Crippen LogP contribution is 2.46. The highest BCUT2D eigenvalue weighted by Gasteiger charge is 2.34. The molecule has 3 aromatic rings. The van der Waals surface area contributed by atoms with E-state index in [-0.39, 0.29) is 0 Å². The largest absolute Gasteiger partial charge is 0.381 e. The lowest BCUT2D eigenvalue weighted by Crippen LogP contribution is -2.21. The van der Waals surface area contributed by atoms with E-state index in [4.69, 9.17) is 0 Å². The standard InChI is InChI=1S/C22H22N2/c1-2-7-16-15(5-1)6-3-8-17(16)18-9-4-10-21-22(18)19-11-13-23-14-12-20(19)24-21/h1-10,19-20,23-24H,11-14H2/t19-,20+/m1/s1. The van der Waals surface area contributed by atoms with Crippen LogP contribution in [0.3, 0.4) is 0 Å². The molecule has 2 heterocycles. The van der Waals surface area contributed by atoms with Crippen LogP contribution < -0.4 is 10.6 Å². The average Bonchev–Trinajstić information content (AvgIpc) is 2.83. The molecule has 2 aliphatic rings. The zero-order valence-electron chi connectivity index (χ0n) is 13.8. The predicted molar refractivity (Wildman–Crippen MR) is 102 cm³/mol. The second-order valence-corrected chi connectivity index (χ2v) is 6.98. The zero-order valence-corrected chi connectivity index (χ0v) is 13.8. The molecule has 0 amide bonds. The molecule has 2 heteroatoms. The molecule has 5 rings (SSSR count). The first kappa shape index (κ1) is 14.1. The summed E-state index contributed by atoms with van der Waals surface area (Å²) in [6, 6.07) is 22.7. The van der Waals surface area contributed by atoms with Crippen LogP contribution in [0.5, 0.6) is 0 Å². The molecule has 0 unspecified atom stereocenters. The third-order valence-electron chi connectivity index (χ3n) is 5.65. The van der Waals surface area contributed by atoms with Crippen molar-refractivity contribution in [2.75, 3.05) is 18.4 Å². The molecule has 1 fully saturated rings. The third kappa shape index (κ3) is 2.14. The van der Waals surface area contributed by atoms with E-state index in [1.807, 2.05) is 0 Å². The van der Waals surface area contributed by atoms with Crippen molar-refractivity contribution >= 4 is 16.5 Å². The van der Waals surface area contributed by atoms with Crippen LogP contribution in [0.4, 0.5) is 5.69 Å². The van der Waals surface area contributed by atoms with Gasteiger partial charge in [0.1, 0.15) is 0 Å². The van der Waals surface area contributed by atoms with Gasteiger partial charge in [-0.25, -0.2) is 0 Å². The number of hydrogen-bond donors (Lipinski definition) is 2. The van der Waals surface area contributed by atoms with Crippen LogP contribution in [0.25, 0.3) is 21.9 Å². The minimum atomic E-state index is 0.575. The molecule has 120 valence electrons. The zero-order chi connectivity index (χ0) is 15.9. The molecule has 0 saturated carbocycles. The Labute approximate surface area is 142 Å². The maximum absolute atomic E-state index is 3.79. The first-order valence-electron chi connectivity index (χ1n) is 9.00. The van der Waals surface area contributed by atoms with Gasteiger partial charge in [0.25, 0.3) is 0 Å². The summed E-state index contributed by atoms with van der Waals surface area (Å²) in [5, 5.41) is 10.0. The lowest BCUT2D eigenvalue weighted by atomic mass is 9.85. The van der Waals surface area contributed by atoms with E-state index in [9.17, 15) is 0 Å². The Kier molecular flexibility index (Phi) is 3.30. The van der Waals surface area contributed by atoms with E-state index in [0.29, 0.717) is 12.0 Å². The second-order valence-electron chi connectivity index (χ2n) is 6.98. The van der Waals surface area contributed by atoms with Crippen LogP contribution in [0.1, 0.15) is 24.3 Å². The van der Waals surface area contributed by atoms with Crippen molar-refractivity contribution in [3.05, 3.63) is 66.2 Å². The molecule has 1 saturated heterocycles. The highest BCUT2D eigenvalue weighted by molar-refractivity contribution is 5.98. The molecule has 2 N–H and O–H groups in total. The fraction of sp³-hybridized carbons (Fsp3) is 0.273. The normalized spacial score (nSPS) is 22.5. The van der Waals surface area contributed by atoms with Crippen molar-refractivity contribution in [1.29, 1.82) is 0 Å². The van der Waals surface area contributed by atoms with Gasteiger partial charge in [0.2, 0.25) is 0 Å². The van der Waals surface area contributed by atoms with Crippen molar-refractivity contribution in [3.8, 4) is 11.1 Å². The fourth-order valence-corrected chi connectivity index (χ4v) is 4.55. The minimum Gasteiger partial charge on any atom is -0.381 e. The SMILES string of the molecule is c1cc2c(c(-c3cccc4ccccc34)c1)[C@@H]1CCNCC[C@@H]1N2. The molecule has 24 heavy (non-hydrogen) atoms. The van der Waals surface area contributed by atoms with Gasteiger partial charge in [-0.15, -0.1) is 0 Å². The van der Waals surface area contributed by atoms with E-state index in [1.54, 1.807) is 0 Å². The summed E-state index contributed by atoms with van der Waals surface area (Å²) in [6.45, 7) is 2.23. The van der Waals surface area contributed by atoms with E-state index < -0.39 is 0 Å². The van der Waals surface area contributed by atoms with Crippen LogP contribution >= 0.6 is 0 Å². The Morgan fingerprint density at radius 2 is 1.54 bits per heavy atom. The summed E-state index contributed by atoms with van der Waals surface area (Å²) in [7, 11) is 0. The molecule has 2 aliphatic heterocycles. The maximum Gasteiger partial charge on any atom is 0.0384 e. The average molecular weight is 314 g/mol.